The second kappa shape index (κ2) is 4.28. The Labute approximate surface area is 103 Å². The average Bonchev–Trinajstić information content (AvgIpc) is 2.27. The molecule has 0 saturated heterocycles. The molecule has 7 heteroatoms. The molecule has 0 aliphatic rings. The molecule has 18 heavy (non-hydrogen) atoms. The molecule has 0 bridgehead atoms. The zero-order chi connectivity index (χ0) is 13.3. The van der Waals surface area contributed by atoms with Crippen LogP contribution < -0.4 is 9.86 Å². The molecular weight excluding hydrogens is 256 g/mol. The van der Waals surface area contributed by atoms with E-state index in [9.17, 15) is 13.2 Å². The minimum absolute atomic E-state index is 0.0249. The van der Waals surface area contributed by atoms with Crippen LogP contribution >= 0.6 is 0 Å². The maximum absolute atomic E-state index is 11.1. The summed E-state index contributed by atoms with van der Waals surface area (Å²) in [7, 11) is -4.04. The highest BCUT2D eigenvalue weighted by Gasteiger charge is 2.16. The van der Waals surface area contributed by atoms with Gasteiger partial charge in [0, 0.05) is 5.39 Å². The molecule has 0 spiro atoms. The molecule has 0 aliphatic carbocycles. The van der Waals surface area contributed by atoms with Crippen LogP contribution in [0.3, 0.4) is 0 Å². The van der Waals surface area contributed by atoms with Crippen molar-refractivity contribution in [2.24, 2.45) is 5.14 Å². The minimum Gasteiger partial charge on any atom is -0.478 e. The van der Waals surface area contributed by atoms with Gasteiger partial charge in [-0.15, -0.1) is 0 Å². The Morgan fingerprint density at radius 1 is 1.17 bits per heavy atom. The van der Waals surface area contributed by atoms with Crippen molar-refractivity contribution in [1.82, 2.24) is 0 Å². The van der Waals surface area contributed by atoms with E-state index in [0.717, 1.165) is 0 Å². The molecule has 0 atom stereocenters. The van der Waals surface area contributed by atoms with Crippen LogP contribution in [0.25, 0.3) is 10.8 Å². The van der Waals surface area contributed by atoms with Gasteiger partial charge in [-0.1, -0.05) is 30.3 Å². The van der Waals surface area contributed by atoms with E-state index >= 15 is 0 Å². The van der Waals surface area contributed by atoms with E-state index in [4.69, 9.17) is 10.2 Å². The third kappa shape index (κ3) is 2.41. The van der Waals surface area contributed by atoms with Crippen molar-refractivity contribution in [1.29, 1.82) is 0 Å². The molecule has 2 rings (SSSR count). The van der Waals surface area contributed by atoms with Crippen molar-refractivity contribution >= 4 is 32.6 Å². The Morgan fingerprint density at radius 3 is 2.44 bits per heavy atom. The van der Waals surface area contributed by atoms with Crippen molar-refractivity contribution in [3.05, 3.63) is 42.0 Å². The van der Waals surface area contributed by atoms with Crippen LogP contribution in [0.2, 0.25) is 0 Å². The van der Waals surface area contributed by atoms with Crippen LogP contribution in [0.5, 0.6) is 0 Å². The summed E-state index contributed by atoms with van der Waals surface area (Å²) in [5.41, 5.74) is -0.175. The second-order valence-corrected chi connectivity index (χ2v) is 4.96. The highest BCUT2D eigenvalue weighted by atomic mass is 32.2. The summed E-state index contributed by atoms with van der Waals surface area (Å²) in [6, 6.07) is 9.75. The first-order chi connectivity index (χ1) is 8.38. The van der Waals surface area contributed by atoms with Crippen LogP contribution in [-0.2, 0) is 10.2 Å². The van der Waals surface area contributed by atoms with Gasteiger partial charge >= 0.3 is 5.97 Å². The third-order valence-electron chi connectivity index (χ3n) is 2.40. The van der Waals surface area contributed by atoms with E-state index in [1.54, 1.807) is 30.3 Å². The first-order valence-electron chi connectivity index (χ1n) is 4.94. The van der Waals surface area contributed by atoms with Crippen LogP contribution in [0.4, 0.5) is 5.69 Å². The van der Waals surface area contributed by atoms with Crippen LogP contribution in [0.1, 0.15) is 10.4 Å². The topological polar surface area (TPSA) is 109 Å². The number of aromatic carboxylic acids is 1. The van der Waals surface area contributed by atoms with E-state index in [-0.39, 0.29) is 11.3 Å². The fourth-order valence-corrected chi connectivity index (χ4v) is 2.21. The number of carbonyl (C=O) groups is 1. The number of hydrogen-bond acceptors (Lipinski definition) is 3. The highest BCUT2D eigenvalue weighted by molar-refractivity contribution is 7.90. The maximum Gasteiger partial charge on any atom is 0.337 e. The largest absolute Gasteiger partial charge is 0.478 e. The summed E-state index contributed by atoms with van der Waals surface area (Å²) in [5, 5.41) is 15.1. The third-order valence-corrected chi connectivity index (χ3v) is 2.89. The van der Waals surface area contributed by atoms with Gasteiger partial charge in [-0.25, -0.2) is 9.93 Å². The molecule has 0 unspecified atom stereocenters. The number of anilines is 1. The predicted octanol–water partition coefficient (Wildman–Crippen LogP) is 1.15. The first-order valence-corrected chi connectivity index (χ1v) is 6.49. The van der Waals surface area contributed by atoms with Crippen molar-refractivity contribution in [2.45, 2.75) is 0 Å². The molecule has 0 saturated carbocycles. The number of rotatable bonds is 3. The molecule has 4 N–H and O–H groups in total. The average molecular weight is 266 g/mol. The minimum atomic E-state index is -4.04. The number of nitrogens with two attached hydrogens (primary N) is 1. The lowest BCUT2D eigenvalue weighted by atomic mass is 10.0. The Kier molecular flexibility index (Phi) is 2.93. The normalized spacial score (nSPS) is 11.4. The second-order valence-electron chi connectivity index (χ2n) is 3.66. The quantitative estimate of drug-likeness (QED) is 0.774. The van der Waals surface area contributed by atoms with Gasteiger partial charge in [0.1, 0.15) is 0 Å². The summed E-state index contributed by atoms with van der Waals surface area (Å²) in [4.78, 5) is 11.1. The lowest BCUT2D eigenvalue weighted by Crippen LogP contribution is -2.23. The molecule has 0 radical (unpaired) electrons. The Hall–Kier alpha value is -2.12. The number of carboxylic acid groups (broad SMARTS) is 1. The number of carboxylic acids is 1. The van der Waals surface area contributed by atoms with Gasteiger partial charge in [-0.2, -0.15) is 8.42 Å². The van der Waals surface area contributed by atoms with Crippen molar-refractivity contribution in [3.63, 3.8) is 0 Å². The van der Waals surface area contributed by atoms with Crippen LogP contribution in [-0.4, -0.2) is 19.5 Å². The predicted molar refractivity (Wildman–Crippen MR) is 67.6 cm³/mol. The van der Waals surface area contributed by atoms with Crippen molar-refractivity contribution in [3.8, 4) is 0 Å². The lowest BCUT2D eigenvalue weighted by molar-refractivity contribution is 0.0698. The molecule has 0 aliphatic heterocycles. The van der Waals surface area contributed by atoms with E-state index in [1.807, 2.05) is 4.72 Å². The van der Waals surface area contributed by atoms with Crippen LogP contribution in [0.15, 0.2) is 36.4 Å². The molecule has 6 nitrogen and oxygen atoms in total. The van der Waals surface area contributed by atoms with E-state index in [1.165, 1.54) is 6.07 Å². The standard InChI is InChI=1S/C11H10N2O4S/c12-18(16,17)13-10-8-4-2-1-3-7(8)5-6-9(10)11(14)15/h1-6,13H,(H,14,15)(H2,12,16,17). The number of benzene rings is 2. The zero-order valence-electron chi connectivity index (χ0n) is 9.12. The van der Waals surface area contributed by atoms with Gasteiger partial charge in [-0.05, 0) is 11.5 Å². The smallest absolute Gasteiger partial charge is 0.337 e. The van der Waals surface area contributed by atoms with E-state index in [2.05, 4.69) is 0 Å². The summed E-state index contributed by atoms with van der Waals surface area (Å²) in [6.45, 7) is 0. The fraction of sp³-hybridized carbons (Fsp3) is 0. The lowest BCUT2D eigenvalue weighted by Gasteiger charge is -2.11. The molecule has 0 heterocycles. The number of nitrogens with one attached hydrogen (secondary N) is 1. The van der Waals surface area contributed by atoms with Gasteiger partial charge in [0.2, 0.25) is 0 Å². The monoisotopic (exact) mass is 266 g/mol. The van der Waals surface area contributed by atoms with Crippen molar-refractivity contribution in [2.75, 3.05) is 4.72 Å². The molecule has 2 aromatic carbocycles. The van der Waals surface area contributed by atoms with E-state index in [0.29, 0.717) is 10.8 Å². The van der Waals surface area contributed by atoms with Gasteiger partial charge in [-0.3, -0.25) is 4.72 Å². The summed E-state index contributed by atoms with van der Waals surface area (Å²) in [6.07, 6.45) is 0. The Bertz CT molecular complexity index is 725. The first kappa shape index (κ1) is 12.3. The molecular formula is C11H10N2O4S. The summed E-state index contributed by atoms with van der Waals surface area (Å²) < 4.78 is 24.2. The highest BCUT2D eigenvalue weighted by Crippen LogP contribution is 2.28. The number of fused-ring (bicyclic) bond motifs is 1. The zero-order valence-corrected chi connectivity index (χ0v) is 9.94. The van der Waals surface area contributed by atoms with Gasteiger partial charge in [0.25, 0.3) is 10.2 Å². The van der Waals surface area contributed by atoms with Crippen LogP contribution in [0, 0.1) is 0 Å². The fourth-order valence-electron chi connectivity index (χ4n) is 1.70. The maximum atomic E-state index is 11.1. The van der Waals surface area contributed by atoms with Gasteiger partial charge < -0.3 is 5.11 Å². The van der Waals surface area contributed by atoms with Crippen molar-refractivity contribution < 1.29 is 18.3 Å². The summed E-state index contributed by atoms with van der Waals surface area (Å²) in [5.74, 6) is -1.23. The molecule has 0 aromatic heterocycles. The Morgan fingerprint density at radius 2 is 1.83 bits per heavy atom. The Balaban J connectivity index is 2.78. The van der Waals surface area contributed by atoms with E-state index < -0.39 is 16.2 Å². The SMILES string of the molecule is NS(=O)(=O)Nc1c(C(=O)O)ccc2ccccc12. The van der Waals surface area contributed by atoms with Gasteiger partial charge in [0.05, 0.1) is 11.3 Å². The van der Waals surface area contributed by atoms with Gasteiger partial charge in [0.15, 0.2) is 0 Å². The molecule has 2 aromatic rings. The molecule has 94 valence electrons. The molecule has 0 fully saturated rings. The summed E-state index contributed by atoms with van der Waals surface area (Å²) >= 11 is 0. The number of hydrogen-bond donors (Lipinski definition) is 3. The molecule has 0 amide bonds.